The number of aromatic nitrogens is 2. The normalized spacial score (nSPS) is 20.6. The van der Waals surface area contributed by atoms with E-state index in [9.17, 15) is 19.2 Å². The average molecular weight is 479 g/mol. The van der Waals surface area contributed by atoms with Crippen LogP contribution in [0.4, 0.5) is 0 Å². The molecule has 4 aliphatic rings. The lowest BCUT2D eigenvalue weighted by Crippen LogP contribution is -2.28. The molecule has 2 saturated heterocycles. The van der Waals surface area contributed by atoms with Gasteiger partial charge in [-0.3, -0.25) is 29.1 Å². The number of rotatable bonds is 3. The molecule has 0 spiro atoms. The summed E-state index contributed by atoms with van der Waals surface area (Å²) in [6.07, 6.45) is 2.99. The molecular weight excluding hydrogens is 460 g/mol. The van der Waals surface area contributed by atoms with Crippen molar-refractivity contribution in [1.82, 2.24) is 19.8 Å². The Morgan fingerprint density at radius 2 is 1.41 bits per heavy atom. The van der Waals surface area contributed by atoms with E-state index in [4.69, 9.17) is 16.3 Å². The van der Waals surface area contributed by atoms with Crippen molar-refractivity contribution in [3.63, 3.8) is 0 Å². The van der Waals surface area contributed by atoms with E-state index in [1.165, 1.54) is 19.5 Å². The van der Waals surface area contributed by atoms with E-state index in [2.05, 4.69) is 9.97 Å². The van der Waals surface area contributed by atoms with Crippen molar-refractivity contribution in [2.75, 3.05) is 26.7 Å². The summed E-state index contributed by atoms with van der Waals surface area (Å²) in [7, 11) is 1.41. The van der Waals surface area contributed by atoms with Crippen molar-refractivity contribution in [2.45, 2.75) is 13.0 Å². The van der Waals surface area contributed by atoms with Crippen molar-refractivity contribution in [2.24, 2.45) is 0 Å². The van der Waals surface area contributed by atoms with E-state index in [1.807, 2.05) is 11.8 Å². The van der Waals surface area contributed by atoms with Gasteiger partial charge in [-0.05, 0) is 31.2 Å². The van der Waals surface area contributed by atoms with E-state index in [-0.39, 0.29) is 51.4 Å². The Labute approximate surface area is 199 Å². The molecule has 2 aliphatic carbocycles. The van der Waals surface area contributed by atoms with Crippen LogP contribution in [-0.4, -0.2) is 75.7 Å². The van der Waals surface area contributed by atoms with E-state index in [0.29, 0.717) is 22.5 Å². The van der Waals surface area contributed by atoms with E-state index < -0.39 is 0 Å². The first-order chi connectivity index (χ1) is 16.3. The van der Waals surface area contributed by atoms with Crippen LogP contribution < -0.4 is 0 Å². The molecule has 9 nitrogen and oxygen atoms in total. The fraction of sp³-hybridized carbons (Fsp3) is 0.250. The van der Waals surface area contributed by atoms with Gasteiger partial charge in [-0.1, -0.05) is 11.6 Å². The number of allylic oxidation sites excluding steroid dienone is 4. The Morgan fingerprint density at radius 1 is 0.882 bits per heavy atom. The Bertz CT molecular complexity index is 1340. The lowest BCUT2D eigenvalue weighted by atomic mass is 9.95. The number of pyridine rings is 2. The fourth-order valence-electron chi connectivity index (χ4n) is 3.98. The number of ketones is 4. The minimum absolute atomic E-state index is 0.00583. The molecule has 0 N–H and O–H groups in total. The van der Waals surface area contributed by atoms with Crippen LogP contribution in [0.25, 0.3) is 0 Å². The SMILES string of the molecule is COC1=C(N2CC2C)C(=O)c2cccnc2C1=O.O=C1C(N2CC2)=C(Cl)C(=O)c2ncccc21. The van der Waals surface area contributed by atoms with Gasteiger partial charge in [0, 0.05) is 38.1 Å². The van der Waals surface area contributed by atoms with Gasteiger partial charge in [0.05, 0.1) is 18.2 Å². The molecule has 4 heterocycles. The summed E-state index contributed by atoms with van der Waals surface area (Å²) in [6.45, 7) is 4.33. The van der Waals surface area contributed by atoms with Gasteiger partial charge in [0.1, 0.15) is 27.8 Å². The van der Waals surface area contributed by atoms with Gasteiger partial charge < -0.3 is 14.5 Å². The molecule has 2 aromatic heterocycles. The Kier molecular flexibility index (Phi) is 5.28. The van der Waals surface area contributed by atoms with Crippen LogP contribution in [0.3, 0.4) is 0 Å². The fourth-order valence-corrected chi connectivity index (χ4v) is 4.27. The van der Waals surface area contributed by atoms with Gasteiger partial charge in [0.25, 0.3) is 0 Å². The van der Waals surface area contributed by atoms with Gasteiger partial charge in [-0.2, -0.15) is 0 Å². The number of carbonyl (C=O) groups excluding carboxylic acids is 4. The lowest BCUT2D eigenvalue weighted by molar-refractivity contribution is 0.0884. The monoisotopic (exact) mass is 478 g/mol. The highest BCUT2D eigenvalue weighted by Crippen LogP contribution is 2.34. The molecule has 6 rings (SSSR count). The quantitative estimate of drug-likeness (QED) is 0.613. The smallest absolute Gasteiger partial charge is 0.248 e. The number of Topliss-reactive ketones (excluding diaryl/α,β-unsaturated/α-hetero) is 4. The second-order valence-electron chi connectivity index (χ2n) is 8.15. The molecule has 2 aromatic rings. The van der Waals surface area contributed by atoms with Crippen LogP contribution in [-0.2, 0) is 4.74 Å². The standard InChI is InChI=1S/C13H12N2O3.C11H7ClN2O2/c1-7-6-15(7)10-11(16)8-4-3-5-14-9(8)12(17)13(10)18-2;12-7-9(14-4-5-14)10(15)6-2-1-3-13-8(6)11(7)16/h3-5,7H,6H2,1-2H3;1-3H,4-5H2. The van der Waals surface area contributed by atoms with E-state index in [0.717, 1.165) is 19.6 Å². The molecule has 34 heavy (non-hydrogen) atoms. The summed E-state index contributed by atoms with van der Waals surface area (Å²) < 4.78 is 5.12. The van der Waals surface area contributed by atoms with Crippen molar-refractivity contribution >= 4 is 34.7 Å². The lowest BCUT2D eigenvalue weighted by Gasteiger charge is -2.20. The van der Waals surface area contributed by atoms with E-state index in [1.54, 1.807) is 29.2 Å². The highest BCUT2D eigenvalue weighted by atomic mass is 35.5. The molecule has 2 fully saturated rings. The molecule has 1 unspecified atom stereocenters. The van der Waals surface area contributed by atoms with Crippen LogP contribution in [0.5, 0.6) is 0 Å². The van der Waals surface area contributed by atoms with Gasteiger partial charge in [-0.15, -0.1) is 0 Å². The topological polar surface area (TPSA) is 109 Å². The van der Waals surface area contributed by atoms with Crippen LogP contribution in [0.1, 0.15) is 48.6 Å². The molecule has 0 aromatic carbocycles. The second-order valence-corrected chi connectivity index (χ2v) is 8.53. The zero-order valence-corrected chi connectivity index (χ0v) is 19.1. The molecule has 1 atom stereocenters. The maximum absolute atomic E-state index is 12.4. The van der Waals surface area contributed by atoms with Crippen LogP contribution in [0, 0.1) is 0 Å². The second kappa shape index (κ2) is 8.18. The van der Waals surface area contributed by atoms with Crippen LogP contribution in [0.15, 0.2) is 58.8 Å². The minimum Gasteiger partial charge on any atom is -0.491 e. The maximum atomic E-state index is 12.4. The molecule has 0 radical (unpaired) electrons. The Hall–Kier alpha value is -3.85. The highest BCUT2D eigenvalue weighted by molar-refractivity contribution is 6.49. The number of methoxy groups -OCH3 is 1. The molecule has 0 amide bonds. The summed E-state index contributed by atoms with van der Waals surface area (Å²) in [6, 6.07) is 6.81. The first-order valence-corrected chi connectivity index (χ1v) is 11.0. The first kappa shape index (κ1) is 22.0. The van der Waals surface area contributed by atoms with Crippen molar-refractivity contribution in [3.8, 4) is 0 Å². The van der Waals surface area contributed by atoms with Crippen molar-refractivity contribution in [1.29, 1.82) is 0 Å². The number of carbonyl (C=O) groups is 4. The number of hydrogen-bond acceptors (Lipinski definition) is 9. The number of nitrogens with zero attached hydrogens (tertiary/aromatic N) is 4. The Morgan fingerprint density at radius 3 is 1.91 bits per heavy atom. The van der Waals surface area contributed by atoms with Crippen LogP contribution >= 0.6 is 11.6 Å². The number of hydrogen-bond donors (Lipinski definition) is 0. The third-order valence-corrected chi connectivity index (χ3v) is 6.26. The predicted molar refractivity (Wildman–Crippen MR) is 120 cm³/mol. The first-order valence-electron chi connectivity index (χ1n) is 10.6. The number of fused-ring (bicyclic) bond motifs is 2. The van der Waals surface area contributed by atoms with Crippen LogP contribution in [0.2, 0.25) is 0 Å². The summed E-state index contributed by atoms with van der Waals surface area (Å²) in [5.41, 5.74) is 1.74. The minimum atomic E-state index is -0.362. The van der Waals surface area contributed by atoms with Gasteiger partial charge >= 0.3 is 0 Å². The summed E-state index contributed by atoms with van der Waals surface area (Å²) in [4.78, 5) is 60.1. The van der Waals surface area contributed by atoms with Gasteiger partial charge in [0.2, 0.25) is 23.1 Å². The van der Waals surface area contributed by atoms with Crippen molar-refractivity contribution in [3.05, 3.63) is 81.4 Å². The number of ether oxygens (including phenoxy) is 1. The molecule has 0 bridgehead atoms. The average Bonchev–Trinajstić information content (AvgIpc) is 3.79. The Balaban J connectivity index is 0.000000142. The van der Waals surface area contributed by atoms with Crippen molar-refractivity contribution < 1.29 is 23.9 Å². The highest BCUT2D eigenvalue weighted by Gasteiger charge is 2.43. The third-order valence-electron chi connectivity index (χ3n) is 5.91. The predicted octanol–water partition coefficient (Wildman–Crippen LogP) is 2.25. The number of halogens is 1. The molecule has 10 heteroatoms. The van der Waals surface area contributed by atoms with Gasteiger partial charge in [0.15, 0.2) is 5.76 Å². The molecule has 172 valence electrons. The summed E-state index contributed by atoms with van der Waals surface area (Å²) in [5, 5.41) is -0.00583. The summed E-state index contributed by atoms with van der Waals surface area (Å²) >= 11 is 5.92. The molecular formula is C24H19ClN4O5. The maximum Gasteiger partial charge on any atom is 0.248 e. The van der Waals surface area contributed by atoms with Gasteiger partial charge in [-0.25, -0.2) is 0 Å². The largest absolute Gasteiger partial charge is 0.491 e. The third kappa shape index (κ3) is 3.49. The summed E-state index contributed by atoms with van der Waals surface area (Å²) in [5.74, 6) is -0.958. The zero-order valence-electron chi connectivity index (χ0n) is 18.4. The van der Waals surface area contributed by atoms with E-state index >= 15 is 0 Å². The molecule has 0 saturated carbocycles. The molecule has 2 aliphatic heterocycles. The zero-order chi connectivity index (χ0) is 24.1.